The minimum Gasteiger partial charge on any atom is -0.393 e. The van der Waals surface area contributed by atoms with Gasteiger partial charge in [-0.05, 0) is 30.2 Å². The highest BCUT2D eigenvalue weighted by atomic mass is 16.3. The Morgan fingerprint density at radius 3 is 2.94 bits per heavy atom. The topological polar surface area (TPSA) is 72.2 Å². The first kappa shape index (κ1) is 13.3. The fourth-order valence-corrected chi connectivity index (χ4v) is 2.37. The summed E-state index contributed by atoms with van der Waals surface area (Å²) in [5.41, 5.74) is 8.21. The number of hydrogen-bond acceptors (Lipinski definition) is 3. The van der Waals surface area contributed by atoms with Crippen LogP contribution >= 0.6 is 0 Å². The van der Waals surface area contributed by atoms with E-state index in [1.807, 2.05) is 0 Å². The molecule has 0 aliphatic carbocycles. The van der Waals surface area contributed by atoms with Crippen LogP contribution in [0.1, 0.15) is 26.7 Å². The predicted octanol–water partition coefficient (Wildman–Crippen LogP) is 2.03. The molecule has 1 N–H and O–H groups in total. The minimum atomic E-state index is -0.155. The number of nitrogens with zero attached hydrogens (tertiary/aromatic N) is 4. The quantitative estimate of drug-likeness (QED) is 0.442. The first-order chi connectivity index (χ1) is 7.63. The minimum absolute atomic E-state index is 0.155. The van der Waals surface area contributed by atoms with E-state index in [1.54, 1.807) is 0 Å². The van der Waals surface area contributed by atoms with Crippen molar-refractivity contribution in [1.82, 2.24) is 4.90 Å². The first-order valence-electron chi connectivity index (χ1n) is 6.04. The number of aliphatic hydroxyl groups excluding tert-OH is 1. The maximum absolute atomic E-state index is 9.90. The predicted molar refractivity (Wildman–Crippen MR) is 64.0 cm³/mol. The molecule has 0 aromatic rings. The van der Waals surface area contributed by atoms with Gasteiger partial charge in [-0.15, -0.1) is 0 Å². The van der Waals surface area contributed by atoms with E-state index in [0.717, 1.165) is 32.5 Å². The normalized spacial score (nSPS) is 26.8. The highest BCUT2D eigenvalue weighted by molar-refractivity contribution is 4.81. The van der Waals surface area contributed by atoms with Crippen molar-refractivity contribution in [2.45, 2.75) is 32.8 Å². The summed E-state index contributed by atoms with van der Waals surface area (Å²) in [6.45, 7) is 7.56. The van der Waals surface area contributed by atoms with Crippen LogP contribution in [-0.4, -0.2) is 42.3 Å². The Hall–Kier alpha value is -0.770. The van der Waals surface area contributed by atoms with Crippen molar-refractivity contribution >= 4 is 0 Å². The second-order valence-corrected chi connectivity index (χ2v) is 5.00. The van der Waals surface area contributed by atoms with Crippen molar-refractivity contribution < 1.29 is 5.11 Å². The Labute approximate surface area is 97.1 Å². The van der Waals surface area contributed by atoms with Gasteiger partial charge in [-0.25, -0.2) is 0 Å². The van der Waals surface area contributed by atoms with Crippen molar-refractivity contribution in [3.05, 3.63) is 10.4 Å². The van der Waals surface area contributed by atoms with E-state index in [4.69, 9.17) is 5.53 Å². The van der Waals surface area contributed by atoms with Gasteiger partial charge in [0.1, 0.15) is 0 Å². The summed E-state index contributed by atoms with van der Waals surface area (Å²) in [5.74, 6) is 0.997. The third-order valence-corrected chi connectivity index (χ3v) is 3.13. The zero-order valence-corrected chi connectivity index (χ0v) is 10.2. The summed E-state index contributed by atoms with van der Waals surface area (Å²) in [7, 11) is 0. The molecule has 5 heteroatoms. The van der Waals surface area contributed by atoms with Crippen molar-refractivity contribution in [1.29, 1.82) is 0 Å². The summed E-state index contributed by atoms with van der Waals surface area (Å²) in [5, 5.41) is 13.4. The number of hydrogen-bond donors (Lipinski definition) is 1. The van der Waals surface area contributed by atoms with Gasteiger partial charge < -0.3 is 10.0 Å². The SMILES string of the molecule is CC(C)CC1CN(CCN=[N+]=[N-])CCC1O. The van der Waals surface area contributed by atoms with Crippen LogP contribution in [0.25, 0.3) is 10.4 Å². The van der Waals surface area contributed by atoms with Gasteiger partial charge in [-0.3, -0.25) is 0 Å². The van der Waals surface area contributed by atoms with Crippen molar-refractivity contribution in [3.8, 4) is 0 Å². The summed E-state index contributed by atoms with van der Waals surface area (Å²) in [6, 6.07) is 0. The lowest BCUT2D eigenvalue weighted by molar-refractivity contribution is 0.0188. The van der Waals surface area contributed by atoms with Crippen LogP contribution in [0.4, 0.5) is 0 Å². The standard InChI is InChI=1S/C11H22N4O/c1-9(2)7-10-8-15(5-3-11(10)16)6-4-13-14-12/h9-11,16H,3-8H2,1-2H3. The van der Waals surface area contributed by atoms with Gasteiger partial charge in [-0.2, -0.15) is 0 Å². The van der Waals surface area contributed by atoms with E-state index in [2.05, 4.69) is 28.8 Å². The molecule has 0 spiro atoms. The van der Waals surface area contributed by atoms with E-state index in [1.165, 1.54) is 0 Å². The first-order valence-corrected chi connectivity index (χ1v) is 6.04. The molecule has 5 nitrogen and oxygen atoms in total. The Morgan fingerprint density at radius 1 is 1.56 bits per heavy atom. The summed E-state index contributed by atoms with van der Waals surface area (Å²) >= 11 is 0. The molecule has 0 amide bonds. The van der Waals surface area contributed by atoms with E-state index in [-0.39, 0.29) is 6.10 Å². The molecule has 2 unspecified atom stereocenters. The zero-order chi connectivity index (χ0) is 12.0. The van der Waals surface area contributed by atoms with Crippen LogP contribution in [0.5, 0.6) is 0 Å². The Bertz CT molecular complexity index is 250. The lowest BCUT2D eigenvalue weighted by Crippen LogP contribution is -2.44. The Balaban J connectivity index is 2.37. The molecular weight excluding hydrogens is 204 g/mol. The smallest absolute Gasteiger partial charge is 0.0592 e. The highest BCUT2D eigenvalue weighted by Crippen LogP contribution is 2.23. The molecule has 1 saturated heterocycles. The monoisotopic (exact) mass is 226 g/mol. The molecule has 92 valence electrons. The van der Waals surface area contributed by atoms with Gasteiger partial charge in [0.05, 0.1) is 6.10 Å². The van der Waals surface area contributed by atoms with Crippen LogP contribution in [0.15, 0.2) is 5.11 Å². The van der Waals surface area contributed by atoms with Crippen molar-refractivity contribution in [3.63, 3.8) is 0 Å². The molecule has 0 saturated carbocycles. The zero-order valence-electron chi connectivity index (χ0n) is 10.2. The fraction of sp³-hybridized carbons (Fsp3) is 1.00. The van der Waals surface area contributed by atoms with E-state index in [9.17, 15) is 5.11 Å². The number of rotatable bonds is 5. The van der Waals surface area contributed by atoms with Gasteiger partial charge >= 0.3 is 0 Å². The molecule has 0 bridgehead atoms. The number of azide groups is 1. The summed E-state index contributed by atoms with van der Waals surface area (Å²) in [6.07, 6.45) is 1.76. The maximum Gasteiger partial charge on any atom is 0.0592 e. The molecule has 1 aliphatic heterocycles. The largest absolute Gasteiger partial charge is 0.393 e. The third kappa shape index (κ3) is 4.39. The van der Waals surface area contributed by atoms with E-state index < -0.39 is 0 Å². The van der Waals surface area contributed by atoms with Gasteiger partial charge in [0.2, 0.25) is 0 Å². The van der Waals surface area contributed by atoms with Crippen molar-refractivity contribution in [2.24, 2.45) is 17.0 Å². The molecular formula is C11H22N4O. The second kappa shape index (κ2) is 6.74. The van der Waals surface area contributed by atoms with Gasteiger partial charge in [0.25, 0.3) is 0 Å². The molecule has 0 aromatic carbocycles. The summed E-state index contributed by atoms with van der Waals surface area (Å²) < 4.78 is 0. The molecule has 0 radical (unpaired) electrons. The Morgan fingerprint density at radius 2 is 2.31 bits per heavy atom. The van der Waals surface area contributed by atoms with Crippen LogP contribution in [0, 0.1) is 11.8 Å². The summed E-state index contributed by atoms with van der Waals surface area (Å²) in [4.78, 5) is 5.04. The molecule has 0 aromatic heterocycles. The van der Waals surface area contributed by atoms with Crippen LogP contribution < -0.4 is 0 Å². The molecule has 1 aliphatic rings. The second-order valence-electron chi connectivity index (χ2n) is 5.00. The van der Waals surface area contributed by atoms with Crippen LogP contribution in [0.3, 0.4) is 0 Å². The molecule has 1 rings (SSSR count). The van der Waals surface area contributed by atoms with Crippen LogP contribution in [-0.2, 0) is 0 Å². The average molecular weight is 226 g/mol. The highest BCUT2D eigenvalue weighted by Gasteiger charge is 2.27. The average Bonchev–Trinajstić information content (AvgIpc) is 2.22. The molecule has 1 heterocycles. The number of likely N-dealkylation sites (tertiary alicyclic amines) is 1. The van der Waals surface area contributed by atoms with E-state index >= 15 is 0 Å². The lowest BCUT2D eigenvalue weighted by atomic mass is 9.87. The number of aliphatic hydroxyl groups is 1. The molecule has 16 heavy (non-hydrogen) atoms. The fourth-order valence-electron chi connectivity index (χ4n) is 2.37. The molecule has 2 atom stereocenters. The lowest BCUT2D eigenvalue weighted by Gasteiger charge is -2.36. The maximum atomic E-state index is 9.90. The third-order valence-electron chi connectivity index (χ3n) is 3.13. The number of piperidine rings is 1. The van der Waals surface area contributed by atoms with Crippen molar-refractivity contribution in [2.75, 3.05) is 26.2 Å². The Kier molecular flexibility index (Phi) is 5.60. The van der Waals surface area contributed by atoms with E-state index in [0.29, 0.717) is 18.4 Å². The molecule has 1 fully saturated rings. The van der Waals surface area contributed by atoms with Crippen LogP contribution in [0.2, 0.25) is 0 Å². The van der Waals surface area contributed by atoms with Gasteiger partial charge in [-0.1, -0.05) is 19.0 Å². The van der Waals surface area contributed by atoms with Gasteiger partial charge in [0.15, 0.2) is 0 Å². The van der Waals surface area contributed by atoms with Gasteiger partial charge in [0, 0.05) is 31.1 Å².